The highest BCUT2D eigenvalue weighted by atomic mass is 16.5. The highest BCUT2D eigenvalue weighted by molar-refractivity contribution is 5.56. The van der Waals surface area contributed by atoms with Gasteiger partial charge in [-0.3, -0.25) is 0 Å². The lowest BCUT2D eigenvalue weighted by atomic mass is 9.89. The zero-order chi connectivity index (χ0) is 22.5. The van der Waals surface area contributed by atoms with Gasteiger partial charge in [0.05, 0.1) is 48.8 Å². The van der Waals surface area contributed by atoms with E-state index in [9.17, 15) is 0 Å². The molecule has 3 rings (SSSR count). The molecule has 1 aliphatic carbocycles. The molecule has 2 atom stereocenters. The lowest BCUT2D eigenvalue weighted by Gasteiger charge is -2.26. The molecule has 0 radical (unpaired) electrons. The Hall–Kier alpha value is -2.80. The van der Waals surface area contributed by atoms with Gasteiger partial charge < -0.3 is 33.2 Å². The SMILES string of the molecule is COc1cc(C2CCC(c3cc(OC)c(OC)c(OC)c3)C2OC)cc(OC)c1OC. The van der Waals surface area contributed by atoms with E-state index in [2.05, 4.69) is 0 Å². The quantitative estimate of drug-likeness (QED) is 0.581. The second kappa shape index (κ2) is 10.0. The minimum Gasteiger partial charge on any atom is -0.493 e. The Labute approximate surface area is 184 Å². The first-order valence-electron chi connectivity index (χ1n) is 10.2. The maximum Gasteiger partial charge on any atom is 0.203 e. The van der Waals surface area contributed by atoms with Gasteiger partial charge in [0.2, 0.25) is 11.5 Å². The molecular formula is C24H32O7. The maximum atomic E-state index is 6.03. The Kier molecular flexibility index (Phi) is 7.38. The Balaban J connectivity index is 2.01. The van der Waals surface area contributed by atoms with E-state index in [-0.39, 0.29) is 17.9 Å². The predicted molar refractivity (Wildman–Crippen MR) is 118 cm³/mol. The molecule has 0 N–H and O–H groups in total. The second-order valence-corrected chi connectivity index (χ2v) is 7.41. The number of ether oxygens (including phenoxy) is 7. The topological polar surface area (TPSA) is 64.6 Å². The minimum atomic E-state index is -0.0365. The number of hydrogen-bond donors (Lipinski definition) is 0. The van der Waals surface area contributed by atoms with Gasteiger partial charge in [-0.05, 0) is 48.2 Å². The van der Waals surface area contributed by atoms with Crippen LogP contribution >= 0.6 is 0 Å². The molecule has 0 bridgehead atoms. The van der Waals surface area contributed by atoms with Crippen LogP contribution in [0.3, 0.4) is 0 Å². The summed E-state index contributed by atoms with van der Waals surface area (Å²) in [4.78, 5) is 0. The lowest BCUT2D eigenvalue weighted by Crippen LogP contribution is -2.21. The number of methoxy groups -OCH3 is 7. The summed E-state index contributed by atoms with van der Waals surface area (Å²) in [5.74, 6) is 4.08. The van der Waals surface area contributed by atoms with E-state index in [1.807, 2.05) is 24.3 Å². The molecule has 0 amide bonds. The molecule has 1 saturated carbocycles. The smallest absolute Gasteiger partial charge is 0.203 e. The van der Waals surface area contributed by atoms with Gasteiger partial charge >= 0.3 is 0 Å². The summed E-state index contributed by atoms with van der Waals surface area (Å²) in [5, 5.41) is 0. The molecular weight excluding hydrogens is 400 g/mol. The van der Waals surface area contributed by atoms with E-state index in [0.717, 1.165) is 24.0 Å². The van der Waals surface area contributed by atoms with Gasteiger partial charge in [-0.2, -0.15) is 0 Å². The van der Waals surface area contributed by atoms with Crippen molar-refractivity contribution >= 4 is 0 Å². The van der Waals surface area contributed by atoms with E-state index in [1.54, 1.807) is 49.8 Å². The van der Waals surface area contributed by atoms with Crippen molar-refractivity contribution in [3.05, 3.63) is 35.4 Å². The van der Waals surface area contributed by atoms with Crippen molar-refractivity contribution in [2.24, 2.45) is 0 Å². The van der Waals surface area contributed by atoms with Crippen LogP contribution < -0.4 is 28.4 Å². The summed E-state index contributed by atoms with van der Waals surface area (Å²) in [6.07, 6.45) is 1.88. The van der Waals surface area contributed by atoms with E-state index in [1.165, 1.54) is 0 Å². The Bertz CT molecular complexity index is 774. The van der Waals surface area contributed by atoms with E-state index in [4.69, 9.17) is 33.2 Å². The molecule has 2 aromatic carbocycles. The molecule has 0 spiro atoms. The van der Waals surface area contributed by atoms with Gasteiger partial charge in [0.1, 0.15) is 0 Å². The summed E-state index contributed by atoms with van der Waals surface area (Å²) in [7, 11) is 11.5. The molecule has 170 valence electrons. The van der Waals surface area contributed by atoms with E-state index < -0.39 is 0 Å². The first-order chi connectivity index (χ1) is 15.1. The van der Waals surface area contributed by atoms with Crippen LogP contribution in [0.4, 0.5) is 0 Å². The number of hydrogen-bond acceptors (Lipinski definition) is 7. The molecule has 7 heteroatoms. The Morgan fingerprint density at radius 3 is 1.06 bits per heavy atom. The fraction of sp³-hybridized carbons (Fsp3) is 0.500. The molecule has 7 nitrogen and oxygen atoms in total. The lowest BCUT2D eigenvalue weighted by molar-refractivity contribution is 0.0804. The zero-order valence-corrected chi connectivity index (χ0v) is 19.3. The van der Waals surface area contributed by atoms with Crippen LogP contribution in [-0.4, -0.2) is 55.9 Å². The maximum absolute atomic E-state index is 6.03. The average molecular weight is 433 g/mol. The molecule has 0 aliphatic heterocycles. The van der Waals surface area contributed by atoms with Crippen LogP contribution in [-0.2, 0) is 4.74 Å². The monoisotopic (exact) mass is 432 g/mol. The highest BCUT2D eigenvalue weighted by Gasteiger charge is 2.39. The highest BCUT2D eigenvalue weighted by Crippen LogP contribution is 2.51. The second-order valence-electron chi connectivity index (χ2n) is 7.41. The summed E-state index contributed by atoms with van der Waals surface area (Å²) in [6.45, 7) is 0. The van der Waals surface area contributed by atoms with Gasteiger partial charge in [-0.1, -0.05) is 0 Å². The minimum absolute atomic E-state index is 0.0365. The largest absolute Gasteiger partial charge is 0.493 e. The van der Waals surface area contributed by atoms with Crippen LogP contribution in [0.25, 0.3) is 0 Å². The third-order valence-electron chi connectivity index (χ3n) is 6.08. The van der Waals surface area contributed by atoms with Crippen molar-refractivity contribution in [3.63, 3.8) is 0 Å². The fourth-order valence-corrected chi connectivity index (χ4v) is 4.64. The summed E-state index contributed by atoms with van der Waals surface area (Å²) in [6, 6.07) is 8.04. The molecule has 1 aliphatic rings. The van der Waals surface area contributed by atoms with Crippen molar-refractivity contribution in [3.8, 4) is 34.5 Å². The van der Waals surface area contributed by atoms with Crippen molar-refractivity contribution < 1.29 is 33.2 Å². The van der Waals surface area contributed by atoms with E-state index >= 15 is 0 Å². The van der Waals surface area contributed by atoms with Gasteiger partial charge in [0.25, 0.3) is 0 Å². The van der Waals surface area contributed by atoms with Gasteiger partial charge in [0.15, 0.2) is 23.0 Å². The molecule has 0 aromatic heterocycles. The van der Waals surface area contributed by atoms with Crippen molar-refractivity contribution in [1.29, 1.82) is 0 Å². The molecule has 2 aromatic rings. The van der Waals surface area contributed by atoms with Crippen LogP contribution in [0.5, 0.6) is 34.5 Å². The van der Waals surface area contributed by atoms with Crippen LogP contribution in [0, 0.1) is 0 Å². The summed E-state index contributed by atoms with van der Waals surface area (Å²) < 4.78 is 39.2. The average Bonchev–Trinajstić information content (AvgIpc) is 3.25. The third kappa shape index (κ3) is 4.19. The van der Waals surface area contributed by atoms with Gasteiger partial charge in [-0.25, -0.2) is 0 Å². The Morgan fingerprint density at radius 2 is 0.839 bits per heavy atom. The van der Waals surface area contributed by atoms with Crippen LogP contribution in [0.1, 0.15) is 35.8 Å². The van der Waals surface area contributed by atoms with Crippen molar-refractivity contribution in [2.45, 2.75) is 30.8 Å². The standard InChI is InChI=1S/C24H32O7/c1-25-18-10-14(11-19(26-2)23(18)30-6)16-8-9-17(22(16)29-5)15-12-20(27-3)24(31-7)21(13-15)28-4/h10-13,16-17,22H,8-9H2,1-7H3. The summed E-state index contributed by atoms with van der Waals surface area (Å²) in [5.41, 5.74) is 2.19. The molecule has 2 unspecified atom stereocenters. The van der Waals surface area contributed by atoms with Crippen LogP contribution in [0.2, 0.25) is 0 Å². The molecule has 0 saturated heterocycles. The Morgan fingerprint density at radius 1 is 0.516 bits per heavy atom. The van der Waals surface area contributed by atoms with E-state index in [0.29, 0.717) is 34.5 Å². The third-order valence-corrected chi connectivity index (χ3v) is 6.08. The van der Waals surface area contributed by atoms with Gasteiger partial charge in [-0.15, -0.1) is 0 Å². The molecule has 0 heterocycles. The van der Waals surface area contributed by atoms with Crippen molar-refractivity contribution in [2.75, 3.05) is 49.8 Å². The van der Waals surface area contributed by atoms with Crippen molar-refractivity contribution in [1.82, 2.24) is 0 Å². The first-order valence-corrected chi connectivity index (χ1v) is 10.2. The molecule has 1 fully saturated rings. The number of rotatable bonds is 9. The molecule has 31 heavy (non-hydrogen) atoms. The van der Waals surface area contributed by atoms with Crippen LogP contribution in [0.15, 0.2) is 24.3 Å². The predicted octanol–water partition coefficient (Wildman–Crippen LogP) is 4.41. The normalized spacial score (nSPS) is 20.3. The fourth-order valence-electron chi connectivity index (χ4n) is 4.64. The summed E-state index contributed by atoms with van der Waals surface area (Å²) >= 11 is 0. The number of benzene rings is 2. The van der Waals surface area contributed by atoms with Gasteiger partial charge in [0, 0.05) is 18.9 Å². The first kappa shape index (κ1) is 22.9. The zero-order valence-electron chi connectivity index (χ0n) is 19.3.